The number of rotatable bonds is 6. The zero-order chi connectivity index (χ0) is 19.4. The largest absolute Gasteiger partial charge is 0.490 e. The molecule has 1 unspecified atom stereocenters. The molecule has 2 aromatic carbocycles. The molecule has 0 bridgehead atoms. The maximum atomic E-state index is 10.4. The van der Waals surface area contributed by atoms with E-state index in [0.29, 0.717) is 13.2 Å². The molecule has 0 aliphatic carbocycles. The summed E-state index contributed by atoms with van der Waals surface area (Å²) in [6.07, 6.45) is -0.497. The Balaban J connectivity index is 0.00000210. The molecular weight excluding hydrogens is 431 g/mol. The Morgan fingerprint density at radius 3 is 2.21 bits per heavy atom. The van der Waals surface area contributed by atoms with Gasteiger partial charge in [-0.25, -0.2) is 0 Å². The third kappa shape index (κ3) is 6.94. The minimum atomic E-state index is -0.497. The van der Waals surface area contributed by atoms with Gasteiger partial charge in [-0.2, -0.15) is 0 Å². The second-order valence-electron chi connectivity index (χ2n) is 7.40. The van der Waals surface area contributed by atoms with Gasteiger partial charge in [-0.05, 0) is 49.6 Å². The van der Waals surface area contributed by atoms with Crippen LogP contribution in [-0.2, 0) is 0 Å². The number of ether oxygens (including phenoxy) is 1. The lowest BCUT2D eigenvalue weighted by Gasteiger charge is -2.37. The minimum Gasteiger partial charge on any atom is -0.490 e. The topological polar surface area (TPSA) is 35.9 Å². The number of nitrogens with zero attached hydrogens (tertiary/aromatic N) is 2. The lowest BCUT2D eigenvalue weighted by molar-refractivity contribution is 0.0658. The number of hydrogen-bond donors (Lipinski definition) is 1. The number of halogens is 3. The van der Waals surface area contributed by atoms with Gasteiger partial charge in [-0.3, -0.25) is 4.90 Å². The highest BCUT2D eigenvalue weighted by Crippen LogP contribution is 2.25. The molecule has 0 saturated carbocycles. The predicted octanol–water partition coefficient (Wildman–Crippen LogP) is 4.67. The van der Waals surface area contributed by atoms with Crippen LogP contribution < -0.4 is 9.64 Å². The Labute approximate surface area is 191 Å². The highest BCUT2D eigenvalue weighted by Gasteiger charge is 2.21. The van der Waals surface area contributed by atoms with Crippen LogP contribution in [0.4, 0.5) is 5.69 Å². The van der Waals surface area contributed by atoms with Crippen LogP contribution in [0.5, 0.6) is 5.75 Å². The van der Waals surface area contributed by atoms with Crippen LogP contribution in [0.15, 0.2) is 36.4 Å². The maximum absolute atomic E-state index is 10.4. The van der Waals surface area contributed by atoms with Gasteiger partial charge in [-0.15, -0.1) is 24.8 Å². The van der Waals surface area contributed by atoms with Crippen molar-refractivity contribution in [3.8, 4) is 5.75 Å². The quantitative estimate of drug-likeness (QED) is 0.678. The molecule has 1 aliphatic rings. The lowest BCUT2D eigenvalue weighted by Crippen LogP contribution is -2.49. The van der Waals surface area contributed by atoms with Crippen molar-refractivity contribution in [2.75, 3.05) is 44.2 Å². The normalized spacial score (nSPS) is 15.3. The first-order valence-corrected chi connectivity index (χ1v) is 9.92. The van der Waals surface area contributed by atoms with Gasteiger partial charge in [0.05, 0.1) is 0 Å². The number of hydrogen-bond acceptors (Lipinski definition) is 4. The van der Waals surface area contributed by atoms with Crippen molar-refractivity contribution in [3.05, 3.63) is 58.1 Å². The van der Waals surface area contributed by atoms with E-state index < -0.39 is 6.10 Å². The van der Waals surface area contributed by atoms with Crippen LogP contribution in [0.3, 0.4) is 0 Å². The zero-order valence-electron chi connectivity index (χ0n) is 17.2. The molecule has 29 heavy (non-hydrogen) atoms. The Hall–Kier alpha value is -1.17. The highest BCUT2D eigenvalue weighted by molar-refractivity contribution is 6.30. The summed E-state index contributed by atoms with van der Waals surface area (Å²) < 4.78 is 5.89. The minimum absolute atomic E-state index is 0. The van der Waals surface area contributed by atoms with Crippen LogP contribution in [-0.4, -0.2) is 55.4 Å². The molecule has 3 rings (SSSR count). The van der Waals surface area contributed by atoms with Gasteiger partial charge in [-0.1, -0.05) is 35.9 Å². The fraction of sp³-hybridized carbons (Fsp3) is 0.455. The first-order valence-electron chi connectivity index (χ1n) is 9.54. The summed E-state index contributed by atoms with van der Waals surface area (Å²) >= 11 is 6.16. The van der Waals surface area contributed by atoms with Gasteiger partial charge in [0.2, 0.25) is 0 Å². The Morgan fingerprint density at radius 1 is 0.966 bits per heavy atom. The third-order valence-electron chi connectivity index (χ3n) is 5.18. The summed E-state index contributed by atoms with van der Waals surface area (Å²) in [7, 11) is 0. The smallest absolute Gasteiger partial charge is 0.125 e. The molecule has 1 N–H and O–H groups in total. The molecule has 2 aromatic rings. The molecule has 1 fully saturated rings. The average molecular weight is 462 g/mol. The van der Waals surface area contributed by atoms with Crippen molar-refractivity contribution in [2.45, 2.75) is 26.9 Å². The number of aliphatic hydroxyl groups is 1. The summed E-state index contributed by atoms with van der Waals surface area (Å²) in [6.45, 7) is 10.9. The number of para-hydroxylation sites is 1. The zero-order valence-corrected chi connectivity index (χ0v) is 19.6. The van der Waals surface area contributed by atoms with E-state index in [1.807, 2.05) is 44.2 Å². The molecule has 7 heteroatoms. The molecule has 1 saturated heterocycles. The second-order valence-corrected chi connectivity index (χ2v) is 7.84. The molecule has 1 aliphatic heterocycles. The molecule has 1 heterocycles. The van der Waals surface area contributed by atoms with Gasteiger partial charge in [0, 0.05) is 43.4 Å². The standard InChI is InChI=1S/C22H29ClN2O2.2ClH/c1-16-7-8-19(23)13-21(16)25-11-9-24(10-12-25)14-20(26)15-27-22-17(2)5-4-6-18(22)3;;/h4-8,13,20,26H,9-12,14-15H2,1-3H3;2*1H. The fourth-order valence-corrected chi connectivity index (χ4v) is 3.82. The van der Waals surface area contributed by atoms with Crippen LogP contribution in [0.1, 0.15) is 16.7 Å². The molecule has 0 spiro atoms. The molecule has 0 aromatic heterocycles. The summed E-state index contributed by atoms with van der Waals surface area (Å²) in [4.78, 5) is 4.67. The van der Waals surface area contributed by atoms with Gasteiger partial charge in [0.15, 0.2) is 0 Å². The van der Waals surface area contributed by atoms with Crippen LogP contribution >= 0.6 is 36.4 Å². The van der Waals surface area contributed by atoms with Gasteiger partial charge in [0.1, 0.15) is 18.5 Å². The van der Waals surface area contributed by atoms with E-state index in [0.717, 1.165) is 48.1 Å². The number of piperazine rings is 1. The number of benzene rings is 2. The van der Waals surface area contributed by atoms with Gasteiger partial charge in [0.25, 0.3) is 0 Å². The van der Waals surface area contributed by atoms with E-state index in [1.54, 1.807) is 0 Å². The van der Waals surface area contributed by atoms with E-state index in [9.17, 15) is 5.11 Å². The number of aryl methyl sites for hydroxylation is 3. The predicted molar refractivity (Wildman–Crippen MR) is 127 cm³/mol. The van der Waals surface area contributed by atoms with Crippen LogP contribution in [0, 0.1) is 20.8 Å². The molecule has 162 valence electrons. The number of anilines is 1. The Morgan fingerprint density at radius 2 is 1.59 bits per heavy atom. The van der Waals surface area contributed by atoms with E-state index >= 15 is 0 Å². The average Bonchev–Trinajstić information content (AvgIpc) is 2.64. The molecule has 1 atom stereocenters. The molecule has 0 amide bonds. The summed E-state index contributed by atoms with van der Waals surface area (Å²) in [5.41, 5.74) is 4.66. The first kappa shape index (κ1) is 25.9. The van der Waals surface area contributed by atoms with E-state index in [1.165, 1.54) is 11.3 Å². The van der Waals surface area contributed by atoms with Crippen molar-refractivity contribution in [3.63, 3.8) is 0 Å². The summed E-state index contributed by atoms with van der Waals surface area (Å²) in [5.74, 6) is 0.887. The SMILES string of the molecule is Cc1ccc(Cl)cc1N1CCN(CC(O)COc2c(C)cccc2C)CC1.Cl.Cl. The highest BCUT2D eigenvalue weighted by atomic mass is 35.5. The van der Waals surface area contributed by atoms with Crippen molar-refractivity contribution in [1.29, 1.82) is 0 Å². The Kier molecular flexibility index (Phi) is 10.6. The van der Waals surface area contributed by atoms with Crippen molar-refractivity contribution in [2.24, 2.45) is 0 Å². The monoisotopic (exact) mass is 460 g/mol. The van der Waals surface area contributed by atoms with Gasteiger partial charge < -0.3 is 14.7 Å². The van der Waals surface area contributed by atoms with Gasteiger partial charge >= 0.3 is 0 Å². The fourth-order valence-electron chi connectivity index (χ4n) is 3.65. The molecule has 4 nitrogen and oxygen atoms in total. The summed E-state index contributed by atoms with van der Waals surface area (Å²) in [6, 6.07) is 12.1. The van der Waals surface area contributed by atoms with E-state index in [4.69, 9.17) is 16.3 Å². The Bertz CT molecular complexity index is 760. The molecule has 0 radical (unpaired) electrons. The number of aliphatic hydroxyl groups excluding tert-OH is 1. The summed E-state index contributed by atoms with van der Waals surface area (Å²) in [5, 5.41) is 11.2. The van der Waals surface area contributed by atoms with Crippen LogP contribution in [0.25, 0.3) is 0 Å². The van der Waals surface area contributed by atoms with E-state index in [-0.39, 0.29) is 24.8 Å². The van der Waals surface area contributed by atoms with Crippen molar-refractivity contribution >= 4 is 42.1 Å². The first-order chi connectivity index (χ1) is 12.9. The molecular formula is C22H31Cl3N2O2. The third-order valence-corrected chi connectivity index (χ3v) is 5.42. The second kappa shape index (κ2) is 11.9. The number of β-amino-alcohol motifs (C(OH)–C–C–N with tert-alkyl or cyclic N) is 1. The van der Waals surface area contributed by atoms with Crippen LogP contribution in [0.2, 0.25) is 5.02 Å². The van der Waals surface area contributed by atoms with Crippen molar-refractivity contribution in [1.82, 2.24) is 4.90 Å². The lowest BCUT2D eigenvalue weighted by atomic mass is 10.1. The van der Waals surface area contributed by atoms with E-state index in [2.05, 4.69) is 22.8 Å². The van der Waals surface area contributed by atoms with Crippen molar-refractivity contribution < 1.29 is 9.84 Å². The maximum Gasteiger partial charge on any atom is 0.125 e.